The molecule has 4 heteroatoms. The van der Waals surface area contributed by atoms with E-state index in [1.165, 1.54) is 5.75 Å². The van der Waals surface area contributed by atoms with Crippen molar-refractivity contribution in [2.45, 2.75) is 25.9 Å². The van der Waals surface area contributed by atoms with Crippen LogP contribution in [0.2, 0.25) is 10.0 Å². The van der Waals surface area contributed by atoms with Crippen LogP contribution in [-0.2, 0) is 6.54 Å². The summed E-state index contributed by atoms with van der Waals surface area (Å²) in [6.45, 7) is 2.91. The molecule has 1 rings (SSSR count). The number of thioether (sulfide) groups is 1. The molecule has 0 amide bonds. The average molecular weight is 278 g/mol. The highest BCUT2D eigenvalue weighted by Gasteiger charge is 2.07. The molecule has 0 aliphatic heterocycles. The molecule has 90 valence electrons. The number of rotatable bonds is 6. The highest BCUT2D eigenvalue weighted by Crippen LogP contribution is 2.24. The third-order valence-electron chi connectivity index (χ3n) is 2.44. The first-order chi connectivity index (χ1) is 7.65. The Morgan fingerprint density at radius 3 is 2.50 bits per heavy atom. The Balaban J connectivity index is 2.48. The van der Waals surface area contributed by atoms with E-state index < -0.39 is 0 Å². The van der Waals surface area contributed by atoms with Crippen LogP contribution in [-0.4, -0.2) is 18.1 Å². The molecule has 1 nitrogen and oxygen atoms in total. The van der Waals surface area contributed by atoms with Gasteiger partial charge in [-0.15, -0.1) is 0 Å². The van der Waals surface area contributed by atoms with Gasteiger partial charge in [-0.1, -0.05) is 29.3 Å². The summed E-state index contributed by atoms with van der Waals surface area (Å²) in [6, 6.07) is 6.10. The van der Waals surface area contributed by atoms with Crippen LogP contribution in [0.15, 0.2) is 18.2 Å². The first kappa shape index (κ1) is 14.2. The summed E-state index contributed by atoms with van der Waals surface area (Å²) in [5, 5.41) is 4.90. The quantitative estimate of drug-likeness (QED) is 0.836. The van der Waals surface area contributed by atoms with Crippen LogP contribution in [0.5, 0.6) is 0 Å². The molecule has 0 bridgehead atoms. The van der Waals surface area contributed by atoms with Crippen molar-refractivity contribution in [3.8, 4) is 0 Å². The van der Waals surface area contributed by atoms with Gasteiger partial charge < -0.3 is 5.32 Å². The van der Waals surface area contributed by atoms with Gasteiger partial charge in [0.2, 0.25) is 0 Å². The van der Waals surface area contributed by atoms with E-state index in [2.05, 4.69) is 18.5 Å². The van der Waals surface area contributed by atoms with Crippen LogP contribution in [0.25, 0.3) is 0 Å². The van der Waals surface area contributed by atoms with Gasteiger partial charge in [-0.05, 0) is 37.5 Å². The van der Waals surface area contributed by atoms with Gasteiger partial charge >= 0.3 is 0 Å². The third kappa shape index (κ3) is 4.54. The zero-order valence-corrected chi connectivity index (χ0v) is 11.9. The molecular formula is C12H17Cl2NS. The Morgan fingerprint density at radius 2 is 1.94 bits per heavy atom. The fourth-order valence-electron chi connectivity index (χ4n) is 1.37. The van der Waals surface area contributed by atoms with E-state index in [0.717, 1.165) is 28.6 Å². The van der Waals surface area contributed by atoms with Crippen LogP contribution >= 0.6 is 35.0 Å². The van der Waals surface area contributed by atoms with Gasteiger partial charge in [0.05, 0.1) is 0 Å². The maximum absolute atomic E-state index is 6.09. The lowest BCUT2D eigenvalue weighted by Crippen LogP contribution is -2.26. The normalized spacial score (nSPS) is 12.8. The molecule has 0 saturated carbocycles. The molecule has 1 aromatic rings. The summed E-state index contributed by atoms with van der Waals surface area (Å²) >= 11 is 14.0. The van der Waals surface area contributed by atoms with Crippen LogP contribution in [0.1, 0.15) is 18.9 Å². The molecular weight excluding hydrogens is 261 g/mol. The Bertz CT molecular complexity index is 311. The van der Waals surface area contributed by atoms with E-state index in [0.29, 0.717) is 6.04 Å². The molecule has 16 heavy (non-hydrogen) atoms. The van der Waals surface area contributed by atoms with Gasteiger partial charge in [0.15, 0.2) is 0 Å². The molecule has 1 unspecified atom stereocenters. The summed E-state index contributed by atoms with van der Waals surface area (Å²) < 4.78 is 0. The highest BCUT2D eigenvalue weighted by atomic mass is 35.5. The van der Waals surface area contributed by atoms with Crippen LogP contribution in [0.4, 0.5) is 0 Å². The summed E-state index contributed by atoms with van der Waals surface area (Å²) in [5.74, 6) is 1.17. The summed E-state index contributed by atoms with van der Waals surface area (Å²) in [7, 11) is 0. The topological polar surface area (TPSA) is 12.0 Å². The number of nitrogens with one attached hydrogen (secondary N) is 1. The molecule has 1 aromatic carbocycles. The zero-order chi connectivity index (χ0) is 12.0. The van der Waals surface area contributed by atoms with Crippen molar-refractivity contribution in [3.05, 3.63) is 33.8 Å². The second-order valence-electron chi connectivity index (χ2n) is 3.76. The maximum Gasteiger partial charge on any atom is 0.0465 e. The van der Waals surface area contributed by atoms with E-state index >= 15 is 0 Å². The second kappa shape index (κ2) is 7.44. The van der Waals surface area contributed by atoms with E-state index in [4.69, 9.17) is 23.2 Å². The molecule has 0 aromatic heterocycles. The Hall–Kier alpha value is 0.110. The van der Waals surface area contributed by atoms with Gasteiger partial charge in [0.25, 0.3) is 0 Å². The van der Waals surface area contributed by atoms with Crippen LogP contribution < -0.4 is 5.32 Å². The number of halogens is 2. The van der Waals surface area contributed by atoms with Gasteiger partial charge in [-0.2, -0.15) is 11.8 Å². The summed E-state index contributed by atoms with van der Waals surface area (Å²) in [5.41, 5.74) is 0.988. The van der Waals surface area contributed by atoms with E-state index in [1.807, 2.05) is 30.0 Å². The molecule has 1 N–H and O–H groups in total. The molecule has 0 saturated heterocycles. The van der Waals surface area contributed by atoms with Crippen molar-refractivity contribution < 1.29 is 0 Å². The van der Waals surface area contributed by atoms with Gasteiger partial charge in [-0.3, -0.25) is 0 Å². The summed E-state index contributed by atoms with van der Waals surface area (Å²) in [6.07, 6.45) is 3.28. The predicted octanol–water partition coefficient (Wildman–Crippen LogP) is 4.22. The molecule has 0 aliphatic rings. The number of benzene rings is 1. The van der Waals surface area contributed by atoms with Crippen molar-refractivity contribution >= 4 is 35.0 Å². The zero-order valence-electron chi connectivity index (χ0n) is 9.59. The van der Waals surface area contributed by atoms with Gasteiger partial charge in [-0.25, -0.2) is 0 Å². The number of hydrogen-bond acceptors (Lipinski definition) is 2. The maximum atomic E-state index is 6.09. The minimum absolute atomic E-state index is 0.486. The lowest BCUT2D eigenvalue weighted by atomic mass is 10.2. The Morgan fingerprint density at radius 1 is 1.31 bits per heavy atom. The van der Waals surface area contributed by atoms with E-state index in [1.54, 1.807) is 0 Å². The molecule has 0 heterocycles. The van der Waals surface area contributed by atoms with Gasteiger partial charge in [0, 0.05) is 28.2 Å². The first-order valence-corrected chi connectivity index (χ1v) is 7.45. The minimum Gasteiger partial charge on any atom is -0.310 e. The standard InChI is InChI=1S/C12H17Cl2NS/c1-9(6-7-16-2)15-8-10-11(13)4-3-5-12(10)14/h3-5,9,15H,6-8H2,1-2H3. The monoisotopic (exact) mass is 277 g/mol. The largest absolute Gasteiger partial charge is 0.310 e. The molecule has 0 aliphatic carbocycles. The molecule has 0 radical (unpaired) electrons. The second-order valence-corrected chi connectivity index (χ2v) is 5.56. The van der Waals surface area contributed by atoms with Crippen molar-refractivity contribution in [1.82, 2.24) is 5.32 Å². The Kier molecular flexibility index (Phi) is 6.59. The van der Waals surface area contributed by atoms with E-state index in [-0.39, 0.29) is 0 Å². The van der Waals surface area contributed by atoms with Crippen molar-refractivity contribution in [1.29, 1.82) is 0 Å². The predicted molar refractivity (Wildman–Crippen MR) is 75.8 cm³/mol. The lowest BCUT2D eigenvalue weighted by molar-refractivity contribution is 0.537. The van der Waals surface area contributed by atoms with Crippen molar-refractivity contribution in [2.24, 2.45) is 0 Å². The first-order valence-electron chi connectivity index (χ1n) is 5.30. The molecule has 0 spiro atoms. The molecule has 1 atom stereocenters. The summed E-state index contributed by atoms with van der Waals surface area (Å²) in [4.78, 5) is 0. The van der Waals surface area contributed by atoms with Gasteiger partial charge in [0.1, 0.15) is 0 Å². The lowest BCUT2D eigenvalue weighted by Gasteiger charge is -2.14. The van der Waals surface area contributed by atoms with Crippen molar-refractivity contribution in [2.75, 3.05) is 12.0 Å². The smallest absolute Gasteiger partial charge is 0.0465 e. The highest BCUT2D eigenvalue weighted by molar-refractivity contribution is 7.98. The average Bonchev–Trinajstić information content (AvgIpc) is 2.25. The fraction of sp³-hybridized carbons (Fsp3) is 0.500. The Labute approximate surface area is 112 Å². The number of hydrogen-bond donors (Lipinski definition) is 1. The SMILES string of the molecule is CSCCC(C)NCc1c(Cl)cccc1Cl. The van der Waals surface area contributed by atoms with E-state index in [9.17, 15) is 0 Å². The van der Waals surface area contributed by atoms with Crippen LogP contribution in [0.3, 0.4) is 0 Å². The minimum atomic E-state index is 0.486. The van der Waals surface area contributed by atoms with Crippen LogP contribution in [0, 0.1) is 0 Å². The third-order valence-corrected chi connectivity index (χ3v) is 3.80. The van der Waals surface area contributed by atoms with Crippen molar-refractivity contribution in [3.63, 3.8) is 0 Å². The molecule has 0 fully saturated rings. The fourth-order valence-corrected chi connectivity index (χ4v) is 2.49.